The SMILES string of the molecule is CC(C)c1ccc(NC(=O)OCC(Oc2cccc3sc(C(=N)N)cc23)c2ccccc2)cc1. The zero-order valence-corrected chi connectivity index (χ0v) is 19.9. The van der Waals surface area contributed by atoms with Gasteiger partial charge in [0.15, 0.2) is 6.10 Å². The Morgan fingerprint density at radius 3 is 2.41 bits per heavy atom. The van der Waals surface area contributed by atoms with Crippen molar-refractivity contribution in [2.45, 2.75) is 25.9 Å². The predicted octanol–water partition coefficient (Wildman–Crippen LogP) is 6.68. The van der Waals surface area contributed by atoms with Crippen LogP contribution in [0.15, 0.2) is 78.9 Å². The number of fused-ring (bicyclic) bond motifs is 1. The van der Waals surface area contributed by atoms with E-state index in [4.69, 9.17) is 20.6 Å². The molecule has 34 heavy (non-hydrogen) atoms. The molecule has 0 radical (unpaired) electrons. The van der Waals surface area contributed by atoms with Gasteiger partial charge in [-0.2, -0.15) is 0 Å². The van der Waals surface area contributed by atoms with Gasteiger partial charge in [0.25, 0.3) is 0 Å². The summed E-state index contributed by atoms with van der Waals surface area (Å²) in [6.07, 6.45) is -1.06. The normalized spacial score (nSPS) is 11.9. The Hall–Kier alpha value is -3.84. The smallest absolute Gasteiger partial charge is 0.411 e. The van der Waals surface area contributed by atoms with Gasteiger partial charge in [0.05, 0.1) is 4.88 Å². The van der Waals surface area contributed by atoms with Crippen molar-refractivity contribution in [3.63, 3.8) is 0 Å². The lowest BCUT2D eigenvalue weighted by Gasteiger charge is -2.20. The van der Waals surface area contributed by atoms with Gasteiger partial charge in [0, 0.05) is 15.8 Å². The first-order valence-electron chi connectivity index (χ1n) is 11.0. The topological polar surface area (TPSA) is 97.4 Å². The van der Waals surface area contributed by atoms with Gasteiger partial charge < -0.3 is 15.2 Å². The van der Waals surface area contributed by atoms with E-state index >= 15 is 0 Å². The number of carbonyl (C=O) groups is 1. The van der Waals surface area contributed by atoms with Gasteiger partial charge in [-0.15, -0.1) is 11.3 Å². The molecule has 4 rings (SSSR count). The zero-order chi connectivity index (χ0) is 24.1. The van der Waals surface area contributed by atoms with Crippen LogP contribution in [0.1, 0.15) is 41.9 Å². The largest absolute Gasteiger partial charge is 0.481 e. The van der Waals surface area contributed by atoms with Crippen molar-refractivity contribution in [1.29, 1.82) is 5.41 Å². The highest BCUT2D eigenvalue weighted by molar-refractivity contribution is 7.20. The summed E-state index contributed by atoms with van der Waals surface area (Å²) >= 11 is 1.44. The molecule has 1 heterocycles. The van der Waals surface area contributed by atoms with Gasteiger partial charge in [-0.1, -0.05) is 62.4 Å². The molecular weight excluding hydrogens is 446 g/mol. The van der Waals surface area contributed by atoms with Crippen LogP contribution in [0.5, 0.6) is 5.75 Å². The second-order valence-corrected chi connectivity index (χ2v) is 9.29. The summed E-state index contributed by atoms with van der Waals surface area (Å²) < 4.78 is 12.9. The molecule has 0 aliphatic rings. The van der Waals surface area contributed by atoms with E-state index in [9.17, 15) is 4.79 Å². The van der Waals surface area contributed by atoms with Crippen molar-refractivity contribution in [3.05, 3.63) is 94.9 Å². The lowest BCUT2D eigenvalue weighted by atomic mass is 10.0. The second kappa shape index (κ2) is 10.4. The van der Waals surface area contributed by atoms with Crippen LogP contribution in [-0.4, -0.2) is 18.5 Å². The Kier molecular flexibility index (Phi) is 7.13. The molecule has 1 aromatic heterocycles. The van der Waals surface area contributed by atoms with E-state index in [1.165, 1.54) is 16.9 Å². The van der Waals surface area contributed by atoms with Crippen molar-refractivity contribution < 1.29 is 14.3 Å². The molecule has 4 N–H and O–H groups in total. The van der Waals surface area contributed by atoms with E-state index in [0.717, 1.165) is 15.6 Å². The van der Waals surface area contributed by atoms with Gasteiger partial charge in [-0.3, -0.25) is 10.7 Å². The van der Waals surface area contributed by atoms with E-state index < -0.39 is 12.2 Å². The molecule has 174 valence electrons. The molecule has 1 amide bonds. The Balaban J connectivity index is 1.49. The molecule has 1 atom stereocenters. The van der Waals surface area contributed by atoms with Crippen LogP contribution in [0, 0.1) is 5.41 Å². The van der Waals surface area contributed by atoms with Crippen molar-refractivity contribution in [3.8, 4) is 5.75 Å². The molecule has 0 aliphatic carbocycles. The number of ether oxygens (including phenoxy) is 2. The number of hydrogen-bond donors (Lipinski definition) is 3. The van der Waals surface area contributed by atoms with Gasteiger partial charge in [0.1, 0.15) is 18.2 Å². The maximum Gasteiger partial charge on any atom is 0.411 e. The summed E-state index contributed by atoms with van der Waals surface area (Å²) in [7, 11) is 0. The molecule has 6 nitrogen and oxygen atoms in total. The van der Waals surface area contributed by atoms with Crippen LogP contribution < -0.4 is 15.8 Å². The highest BCUT2D eigenvalue weighted by Gasteiger charge is 2.19. The summed E-state index contributed by atoms with van der Waals surface area (Å²) in [5, 5.41) is 11.4. The Morgan fingerprint density at radius 2 is 1.74 bits per heavy atom. The van der Waals surface area contributed by atoms with Crippen molar-refractivity contribution >= 4 is 39.0 Å². The molecule has 0 aliphatic heterocycles. The van der Waals surface area contributed by atoms with Crippen LogP contribution in [-0.2, 0) is 4.74 Å². The van der Waals surface area contributed by atoms with Crippen molar-refractivity contribution in [2.75, 3.05) is 11.9 Å². The average molecular weight is 474 g/mol. The summed E-state index contributed by atoms with van der Waals surface area (Å²) in [6, 6.07) is 24.9. The number of amides is 1. The minimum Gasteiger partial charge on any atom is -0.481 e. The summed E-state index contributed by atoms with van der Waals surface area (Å²) in [6.45, 7) is 4.27. The molecule has 1 unspecified atom stereocenters. The molecular formula is C27H27N3O3S. The monoisotopic (exact) mass is 473 g/mol. The fraction of sp³-hybridized carbons (Fsp3) is 0.185. The predicted molar refractivity (Wildman–Crippen MR) is 138 cm³/mol. The van der Waals surface area contributed by atoms with Crippen molar-refractivity contribution in [2.24, 2.45) is 5.73 Å². The molecule has 0 bridgehead atoms. The van der Waals surface area contributed by atoms with Gasteiger partial charge in [-0.25, -0.2) is 4.79 Å². The standard InChI is InChI=1S/C27H27N3O3S/c1-17(2)18-11-13-20(14-12-18)30-27(31)32-16-23(19-7-4-3-5-8-19)33-22-9-6-10-24-21(22)15-25(34-24)26(28)29/h3-15,17,23H,16H2,1-2H3,(H3,28,29)(H,30,31). The van der Waals surface area contributed by atoms with E-state index in [1.807, 2.05) is 78.9 Å². The minimum atomic E-state index is -0.547. The minimum absolute atomic E-state index is 0.0215. The number of benzene rings is 3. The number of anilines is 1. The van der Waals surface area contributed by atoms with E-state index in [2.05, 4.69) is 19.2 Å². The fourth-order valence-electron chi connectivity index (χ4n) is 3.55. The Bertz CT molecular complexity index is 1280. The first-order chi connectivity index (χ1) is 16.4. The van der Waals surface area contributed by atoms with Crippen LogP contribution in [0.4, 0.5) is 10.5 Å². The number of hydrogen-bond acceptors (Lipinski definition) is 5. The van der Waals surface area contributed by atoms with Crippen LogP contribution in [0.25, 0.3) is 10.1 Å². The van der Waals surface area contributed by atoms with E-state index in [1.54, 1.807) is 0 Å². The van der Waals surface area contributed by atoms with Crippen molar-refractivity contribution in [1.82, 2.24) is 0 Å². The van der Waals surface area contributed by atoms with Crippen LogP contribution >= 0.6 is 11.3 Å². The molecule has 0 saturated heterocycles. The zero-order valence-electron chi connectivity index (χ0n) is 19.1. The fourth-order valence-corrected chi connectivity index (χ4v) is 4.49. The number of rotatable bonds is 8. The Labute approximate surface area is 202 Å². The summed E-state index contributed by atoms with van der Waals surface area (Å²) in [4.78, 5) is 13.2. The van der Waals surface area contributed by atoms with Crippen LogP contribution in [0.3, 0.4) is 0 Å². The van der Waals surface area contributed by atoms with E-state index in [-0.39, 0.29) is 12.4 Å². The highest BCUT2D eigenvalue weighted by atomic mass is 32.1. The third-order valence-corrected chi connectivity index (χ3v) is 6.55. The Morgan fingerprint density at radius 1 is 1.00 bits per heavy atom. The summed E-state index contributed by atoms with van der Waals surface area (Å²) in [5.74, 6) is 1.08. The molecule has 4 aromatic rings. The second-order valence-electron chi connectivity index (χ2n) is 8.21. The third-order valence-electron chi connectivity index (χ3n) is 5.42. The number of amidine groups is 1. The first-order valence-corrected chi connectivity index (χ1v) is 11.8. The van der Waals surface area contributed by atoms with Gasteiger partial charge in [0.2, 0.25) is 0 Å². The van der Waals surface area contributed by atoms with Crippen LogP contribution in [0.2, 0.25) is 0 Å². The molecule has 0 spiro atoms. The average Bonchev–Trinajstić information content (AvgIpc) is 3.28. The number of nitrogen functional groups attached to an aromatic ring is 1. The molecule has 0 saturated carbocycles. The molecule has 7 heteroatoms. The van der Waals surface area contributed by atoms with Gasteiger partial charge in [-0.05, 0) is 47.4 Å². The lowest BCUT2D eigenvalue weighted by molar-refractivity contribution is 0.0910. The highest BCUT2D eigenvalue weighted by Crippen LogP contribution is 2.35. The first kappa shape index (κ1) is 23.3. The third kappa shape index (κ3) is 5.55. The molecule has 0 fully saturated rings. The number of nitrogens with two attached hydrogens (primary N) is 1. The quantitative estimate of drug-likeness (QED) is 0.196. The summed E-state index contributed by atoms with van der Waals surface area (Å²) in [5.41, 5.74) is 8.43. The molecule has 3 aromatic carbocycles. The number of nitrogens with one attached hydrogen (secondary N) is 2. The lowest BCUT2D eigenvalue weighted by Crippen LogP contribution is -2.21. The number of thiophene rings is 1. The number of carbonyl (C=O) groups excluding carboxylic acids is 1. The maximum absolute atomic E-state index is 12.5. The maximum atomic E-state index is 12.5. The van der Waals surface area contributed by atoms with Gasteiger partial charge >= 0.3 is 6.09 Å². The van der Waals surface area contributed by atoms with E-state index in [0.29, 0.717) is 22.2 Å².